The SMILES string of the molecule is CC(OC(=O)c1cccc(C#N)c1)C(=O)NC1CCCC1. The molecular weight excluding hydrogens is 268 g/mol. The molecular formula is C16H18N2O3. The highest BCUT2D eigenvalue weighted by atomic mass is 16.5. The topological polar surface area (TPSA) is 79.2 Å². The summed E-state index contributed by atoms with van der Waals surface area (Å²) in [5, 5.41) is 11.7. The largest absolute Gasteiger partial charge is 0.449 e. The Labute approximate surface area is 123 Å². The van der Waals surface area contributed by atoms with Gasteiger partial charge in [0.1, 0.15) is 0 Å². The number of hydrogen-bond donors (Lipinski definition) is 1. The molecule has 5 nitrogen and oxygen atoms in total. The van der Waals surface area contributed by atoms with Gasteiger partial charge >= 0.3 is 5.97 Å². The highest BCUT2D eigenvalue weighted by molar-refractivity contribution is 5.92. The minimum atomic E-state index is -0.844. The third kappa shape index (κ3) is 4.06. The maximum atomic E-state index is 12.0. The van der Waals surface area contributed by atoms with Gasteiger partial charge in [0.15, 0.2) is 6.10 Å². The molecule has 21 heavy (non-hydrogen) atoms. The summed E-state index contributed by atoms with van der Waals surface area (Å²) in [6.07, 6.45) is 3.37. The van der Waals surface area contributed by atoms with Crippen LogP contribution in [0.4, 0.5) is 0 Å². The molecule has 110 valence electrons. The van der Waals surface area contributed by atoms with Crippen LogP contribution in [0.15, 0.2) is 24.3 Å². The van der Waals surface area contributed by atoms with Crippen LogP contribution in [0.3, 0.4) is 0 Å². The van der Waals surface area contributed by atoms with Crippen LogP contribution in [0.5, 0.6) is 0 Å². The smallest absolute Gasteiger partial charge is 0.338 e. The lowest BCUT2D eigenvalue weighted by Crippen LogP contribution is -2.40. The molecule has 0 heterocycles. The van der Waals surface area contributed by atoms with E-state index < -0.39 is 12.1 Å². The lowest BCUT2D eigenvalue weighted by atomic mass is 10.1. The molecule has 1 aliphatic rings. The molecule has 1 aliphatic carbocycles. The Morgan fingerprint density at radius 1 is 1.38 bits per heavy atom. The second-order valence-corrected chi connectivity index (χ2v) is 5.23. The molecule has 0 spiro atoms. The molecule has 0 bridgehead atoms. The first kappa shape index (κ1) is 15.0. The Hall–Kier alpha value is -2.35. The number of amides is 1. The van der Waals surface area contributed by atoms with E-state index in [4.69, 9.17) is 10.00 Å². The van der Waals surface area contributed by atoms with Gasteiger partial charge < -0.3 is 10.1 Å². The van der Waals surface area contributed by atoms with Gasteiger partial charge in [-0.3, -0.25) is 4.79 Å². The molecule has 1 atom stereocenters. The molecule has 5 heteroatoms. The van der Waals surface area contributed by atoms with Crippen molar-refractivity contribution in [2.24, 2.45) is 0 Å². The summed E-state index contributed by atoms with van der Waals surface area (Å²) in [5.41, 5.74) is 0.655. The van der Waals surface area contributed by atoms with Crippen molar-refractivity contribution in [1.82, 2.24) is 5.32 Å². The molecule has 0 aliphatic heterocycles. The fourth-order valence-electron chi connectivity index (χ4n) is 2.39. The van der Waals surface area contributed by atoms with Crippen LogP contribution in [-0.4, -0.2) is 24.0 Å². The van der Waals surface area contributed by atoms with Crippen molar-refractivity contribution < 1.29 is 14.3 Å². The quantitative estimate of drug-likeness (QED) is 0.860. The fourth-order valence-corrected chi connectivity index (χ4v) is 2.39. The molecule has 0 radical (unpaired) electrons. The van der Waals surface area contributed by atoms with Crippen LogP contribution in [0.1, 0.15) is 48.5 Å². The number of hydrogen-bond acceptors (Lipinski definition) is 4. The minimum absolute atomic E-state index is 0.195. The molecule has 1 N–H and O–H groups in total. The predicted octanol–water partition coefficient (Wildman–Crippen LogP) is 2.16. The molecule has 1 unspecified atom stereocenters. The number of rotatable bonds is 4. The van der Waals surface area contributed by atoms with Crippen molar-refractivity contribution in [3.8, 4) is 6.07 Å². The predicted molar refractivity (Wildman–Crippen MR) is 76.4 cm³/mol. The van der Waals surface area contributed by atoms with Crippen molar-refractivity contribution >= 4 is 11.9 Å². The zero-order valence-corrected chi connectivity index (χ0v) is 12.0. The number of nitrogens with zero attached hydrogens (tertiary/aromatic N) is 1. The highest BCUT2D eigenvalue weighted by Gasteiger charge is 2.23. The van der Waals surface area contributed by atoms with E-state index in [9.17, 15) is 9.59 Å². The lowest BCUT2D eigenvalue weighted by molar-refractivity contribution is -0.129. The minimum Gasteiger partial charge on any atom is -0.449 e. The first-order valence-electron chi connectivity index (χ1n) is 7.11. The first-order chi connectivity index (χ1) is 10.1. The van der Waals surface area contributed by atoms with E-state index in [1.165, 1.54) is 6.07 Å². The Balaban J connectivity index is 1.91. The van der Waals surface area contributed by atoms with Gasteiger partial charge in [0.05, 0.1) is 17.2 Å². The summed E-state index contributed by atoms with van der Waals surface area (Å²) in [6, 6.07) is 8.38. The normalized spacial score (nSPS) is 16.0. The zero-order chi connectivity index (χ0) is 15.2. The third-order valence-corrected chi connectivity index (χ3v) is 3.58. The molecule has 0 aromatic heterocycles. The molecule has 2 rings (SSSR count). The highest BCUT2D eigenvalue weighted by Crippen LogP contribution is 2.18. The van der Waals surface area contributed by atoms with Crippen molar-refractivity contribution in [3.05, 3.63) is 35.4 Å². The average Bonchev–Trinajstić information content (AvgIpc) is 3.00. The van der Waals surface area contributed by atoms with Gasteiger partial charge in [0.25, 0.3) is 5.91 Å². The maximum Gasteiger partial charge on any atom is 0.338 e. The number of nitriles is 1. The molecule has 1 saturated carbocycles. The summed E-state index contributed by atoms with van der Waals surface area (Å²) in [6.45, 7) is 1.55. The van der Waals surface area contributed by atoms with E-state index in [1.807, 2.05) is 6.07 Å². The fraction of sp³-hybridized carbons (Fsp3) is 0.438. The Morgan fingerprint density at radius 2 is 2.10 bits per heavy atom. The van der Waals surface area contributed by atoms with Gasteiger partial charge in [-0.25, -0.2) is 4.79 Å². The van der Waals surface area contributed by atoms with Crippen molar-refractivity contribution in [3.63, 3.8) is 0 Å². The molecule has 1 amide bonds. The Kier molecular flexibility index (Phi) is 4.94. The van der Waals surface area contributed by atoms with Crippen LogP contribution in [0.2, 0.25) is 0 Å². The maximum absolute atomic E-state index is 12.0. The van der Waals surface area contributed by atoms with Crippen LogP contribution in [0.25, 0.3) is 0 Å². The summed E-state index contributed by atoms with van der Waals surface area (Å²) in [7, 11) is 0. The van der Waals surface area contributed by atoms with Gasteiger partial charge in [0, 0.05) is 6.04 Å². The van der Waals surface area contributed by atoms with Crippen LogP contribution >= 0.6 is 0 Å². The average molecular weight is 286 g/mol. The van der Waals surface area contributed by atoms with E-state index in [0.29, 0.717) is 5.56 Å². The number of esters is 1. The van der Waals surface area contributed by atoms with Crippen LogP contribution in [-0.2, 0) is 9.53 Å². The van der Waals surface area contributed by atoms with Crippen molar-refractivity contribution in [2.45, 2.75) is 44.8 Å². The van der Waals surface area contributed by atoms with E-state index in [0.717, 1.165) is 25.7 Å². The first-order valence-corrected chi connectivity index (χ1v) is 7.11. The van der Waals surface area contributed by atoms with E-state index in [2.05, 4.69) is 5.32 Å². The van der Waals surface area contributed by atoms with E-state index in [1.54, 1.807) is 25.1 Å². The van der Waals surface area contributed by atoms with E-state index in [-0.39, 0.29) is 17.5 Å². The van der Waals surface area contributed by atoms with Crippen molar-refractivity contribution in [2.75, 3.05) is 0 Å². The van der Waals surface area contributed by atoms with Gasteiger partial charge in [-0.15, -0.1) is 0 Å². The molecule has 1 aromatic carbocycles. The van der Waals surface area contributed by atoms with Crippen LogP contribution < -0.4 is 5.32 Å². The Morgan fingerprint density at radius 3 is 2.76 bits per heavy atom. The molecule has 1 aromatic rings. The number of nitrogens with one attached hydrogen (secondary N) is 1. The third-order valence-electron chi connectivity index (χ3n) is 3.58. The number of carbonyl (C=O) groups is 2. The second kappa shape index (κ2) is 6.89. The summed E-state index contributed by atoms with van der Waals surface area (Å²) in [4.78, 5) is 23.9. The van der Waals surface area contributed by atoms with Gasteiger partial charge in [-0.05, 0) is 38.0 Å². The summed E-state index contributed by atoms with van der Waals surface area (Å²) < 4.78 is 5.15. The molecule has 0 saturated heterocycles. The Bertz CT molecular complexity index is 571. The lowest BCUT2D eigenvalue weighted by Gasteiger charge is -2.17. The second-order valence-electron chi connectivity index (χ2n) is 5.23. The zero-order valence-electron chi connectivity index (χ0n) is 12.0. The monoisotopic (exact) mass is 286 g/mol. The summed E-state index contributed by atoms with van der Waals surface area (Å²) >= 11 is 0. The van der Waals surface area contributed by atoms with E-state index >= 15 is 0 Å². The number of ether oxygens (including phenoxy) is 1. The van der Waals surface area contributed by atoms with Gasteiger partial charge in [-0.2, -0.15) is 5.26 Å². The standard InChI is InChI=1S/C16H18N2O3/c1-11(15(19)18-14-7-2-3-8-14)21-16(20)13-6-4-5-12(9-13)10-17/h4-6,9,11,14H,2-3,7-8H2,1H3,(H,18,19). The van der Waals surface area contributed by atoms with Crippen LogP contribution in [0, 0.1) is 11.3 Å². The van der Waals surface area contributed by atoms with Gasteiger partial charge in [0.2, 0.25) is 0 Å². The number of carbonyl (C=O) groups excluding carboxylic acids is 2. The summed E-state index contributed by atoms with van der Waals surface area (Å²) in [5.74, 6) is -0.868. The van der Waals surface area contributed by atoms with Gasteiger partial charge in [-0.1, -0.05) is 18.9 Å². The molecule has 1 fully saturated rings. The van der Waals surface area contributed by atoms with Crippen molar-refractivity contribution in [1.29, 1.82) is 5.26 Å². The number of benzene rings is 1.